The van der Waals surface area contributed by atoms with E-state index in [1.54, 1.807) is 12.1 Å². The molecule has 0 atom stereocenters. The van der Waals surface area contributed by atoms with Gasteiger partial charge in [0.2, 0.25) is 0 Å². The summed E-state index contributed by atoms with van der Waals surface area (Å²) in [6.07, 6.45) is 0. The highest BCUT2D eigenvalue weighted by atomic mass is 15.1. The smallest absolute Gasteiger partial charge is 0.155 e. The standard InChI is InChI=1S/C6H4N4/c1-5(3-7)9-10-6(2)4-8/h1-2H2. The van der Waals surface area contributed by atoms with Gasteiger partial charge in [-0.05, 0) is 0 Å². The summed E-state index contributed by atoms with van der Waals surface area (Å²) in [6.45, 7) is 6.41. The summed E-state index contributed by atoms with van der Waals surface area (Å²) >= 11 is 0. The van der Waals surface area contributed by atoms with E-state index >= 15 is 0 Å². The van der Waals surface area contributed by atoms with E-state index in [-0.39, 0.29) is 11.4 Å². The second-order valence-electron chi connectivity index (χ2n) is 1.32. The molecule has 0 spiro atoms. The lowest BCUT2D eigenvalue weighted by atomic mass is 10.6. The molecule has 0 heterocycles. The summed E-state index contributed by atoms with van der Waals surface area (Å²) in [5, 5.41) is 22.7. The first kappa shape index (κ1) is 8.06. The van der Waals surface area contributed by atoms with Crippen molar-refractivity contribution in [2.24, 2.45) is 10.2 Å². The Morgan fingerprint density at radius 3 is 1.50 bits per heavy atom. The molecule has 0 N–H and O–H groups in total. The molecule has 10 heavy (non-hydrogen) atoms. The van der Waals surface area contributed by atoms with E-state index < -0.39 is 0 Å². The molecule has 0 aliphatic heterocycles. The fourth-order valence-electron chi connectivity index (χ4n) is 0.165. The van der Waals surface area contributed by atoms with Gasteiger partial charge in [0.15, 0.2) is 11.4 Å². The molecule has 4 heteroatoms. The highest BCUT2D eigenvalue weighted by molar-refractivity contribution is 5.17. The Morgan fingerprint density at radius 2 is 1.30 bits per heavy atom. The van der Waals surface area contributed by atoms with Crippen molar-refractivity contribution in [3.05, 3.63) is 24.6 Å². The number of nitrogens with zero attached hydrogens (tertiary/aromatic N) is 4. The van der Waals surface area contributed by atoms with Gasteiger partial charge in [0.05, 0.1) is 0 Å². The van der Waals surface area contributed by atoms with Gasteiger partial charge in [0.1, 0.15) is 12.1 Å². The average molecular weight is 132 g/mol. The van der Waals surface area contributed by atoms with Gasteiger partial charge in [-0.2, -0.15) is 10.5 Å². The van der Waals surface area contributed by atoms with E-state index in [1.165, 1.54) is 0 Å². The summed E-state index contributed by atoms with van der Waals surface area (Å²) in [5.74, 6) is 0. The maximum Gasteiger partial charge on any atom is 0.155 e. The van der Waals surface area contributed by atoms with Crippen molar-refractivity contribution < 1.29 is 0 Å². The first-order valence-corrected chi connectivity index (χ1v) is 2.30. The van der Waals surface area contributed by atoms with Crippen molar-refractivity contribution in [1.29, 1.82) is 10.5 Å². The lowest BCUT2D eigenvalue weighted by Crippen LogP contribution is -1.67. The van der Waals surface area contributed by atoms with Crippen LogP contribution >= 0.6 is 0 Å². The molecule has 0 aromatic rings. The zero-order chi connectivity index (χ0) is 7.98. The summed E-state index contributed by atoms with van der Waals surface area (Å²) in [5.41, 5.74) is -0.0900. The fourth-order valence-corrected chi connectivity index (χ4v) is 0.165. The lowest BCUT2D eigenvalue weighted by Gasteiger charge is -1.79. The van der Waals surface area contributed by atoms with Gasteiger partial charge in [-0.1, -0.05) is 13.2 Å². The minimum Gasteiger partial charge on any atom is -0.191 e. The Labute approximate surface area is 58.4 Å². The largest absolute Gasteiger partial charge is 0.191 e. The van der Waals surface area contributed by atoms with Gasteiger partial charge >= 0.3 is 0 Å². The van der Waals surface area contributed by atoms with Gasteiger partial charge in [-0.15, -0.1) is 10.2 Å². The van der Waals surface area contributed by atoms with Crippen LogP contribution < -0.4 is 0 Å². The molecule has 0 amide bonds. The van der Waals surface area contributed by atoms with Crippen molar-refractivity contribution in [2.75, 3.05) is 0 Å². The third kappa shape index (κ3) is 3.11. The van der Waals surface area contributed by atoms with Crippen LogP contribution in [-0.2, 0) is 0 Å². The third-order valence-corrected chi connectivity index (χ3v) is 0.550. The van der Waals surface area contributed by atoms with Crippen LogP contribution in [0.3, 0.4) is 0 Å². The Hall–Kier alpha value is -1.94. The number of allylic oxidation sites excluding steroid dienone is 2. The zero-order valence-corrected chi connectivity index (χ0v) is 5.20. The van der Waals surface area contributed by atoms with E-state index in [1.807, 2.05) is 0 Å². The zero-order valence-electron chi connectivity index (χ0n) is 5.20. The normalized spacial score (nSPS) is 8.20. The molecule has 0 saturated carbocycles. The molecule has 4 nitrogen and oxygen atoms in total. The van der Waals surface area contributed by atoms with Crippen LogP contribution in [0.15, 0.2) is 34.8 Å². The maximum absolute atomic E-state index is 8.10. The number of rotatable bonds is 2. The molecular weight excluding hydrogens is 128 g/mol. The lowest BCUT2D eigenvalue weighted by molar-refractivity contribution is 1.14. The number of hydrogen-bond donors (Lipinski definition) is 0. The molecule has 0 saturated heterocycles. The highest BCUT2D eigenvalue weighted by Gasteiger charge is 1.85. The Bertz CT molecular complexity index is 232. The monoisotopic (exact) mass is 132 g/mol. The molecule has 0 aliphatic rings. The Balaban J connectivity index is 4.07. The first-order chi connectivity index (χ1) is 4.70. The van der Waals surface area contributed by atoms with Crippen LogP contribution in [0.4, 0.5) is 0 Å². The Morgan fingerprint density at radius 1 is 1.00 bits per heavy atom. The molecule has 0 unspecified atom stereocenters. The Kier molecular flexibility index (Phi) is 3.22. The molecule has 0 fully saturated rings. The van der Waals surface area contributed by atoms with Crippen molar-refractivity contribution in [3.8, 4) is 12.1 Å². The minimum atomic E-state index is -0.0450. The van der Waals surface area contributed by atoms with Crippen molar-refractivity contribution in [2.45, 2.75) is 0 Å². The second-order valence-corrected chi connectivity index (χ2v) is 1.32. The fraction of sp³-hybridized carbons (Fsp3) is 0. The molecule has 48 valence electrons. The van der Waals surface area contributed by atoms with Crippen LogP contribution in [0.25, 0.3) is 0 Å². The van der Waals surface area contributed by atoms with E-state index in [0.717, 1.165) is 0 Å². The molecule has 0 radical (unpaired) electrons. The number of azo groups is 1. The predicted molar refractivity (Wildman–Crippen MR) is 34.4 cm³/mol. The van der Waals surface area contributed by atoms with Crippen molar-refractivity contribution in [3.63, 3.8) is 0 Å². The van der Waals surface area contributed by atoms with Crippen molar-refractivity contribution >= 4 is 0 Å². The van der Waals surface area contributed by atoms with Crippen LogP contribution in [-0.4, -0.2) is 0 Å². The van der Waals surface area contributed by atoms with Crippen LogP contribution in [0.1, 0.15) is 0 Å². The van der Waals surface area contributed by atoms with Crippen LogP contribution in [0, 0.1) is 22.7 Å². The van der Waals surface area contributed by atoms with Gasteiger partial charge in [-0.3, -0.25) is 0 Å². The molecule has 0 bridgehead atoms. The quantitative estimate of drug-likeness (QED) is 0.422. The van der Waals surface area contributed by atoms with E-state index in [4.69, 9.17) is 10.5 Å². The highest BCUT2D eigenvalue weighted by Crippen LogP contribution is 1.95. The van der Waals surface area contributed by atoms with E-state index in [9.17, 15) is 0 Å². The van der Waals surface area contributed by atoms with Gasteiger partial charge in [0, 0.05) is 0 Å². The number of nitriles is 2. The topological polar surface area (TPSA) is 72.3 Å². The van der Waals surface area contributed by atoms with E-state index in [0.29, 0.717) is 0 Å². The van der Waals surface area contributed by atoms with Crippen LogP contribution in [0.5, 0.6) is 0 Å². The van der Waals surface area contributed by atoms with Gasteiger partial charge in [0.25, 0.3) is 0 Å². The molecular formula is C6H4N4. The number of hydrogen-bond acceptors (Lipinski definition) is 4. The van der Waals surface area contributed by atoms with Gasteiger partial charge < -0.3 is 0 Å². The summed E-state index contributed by atoms with van der Waals surface area (Å²) in [7, 11) is 0. The second kappa shape index (κ2) is 3.99. The first-order valence-electron chi connectivity index (χ1n) is 2.30. The summed E-state index contributed by atoms with van der Waals surface area (Å²) < 4.78 is 0. The van der Waals surface area contributed by atoms with Gasteiger partial charge in [-0.25, -0.2) is 0 Å². The van der Waals surface area contributed by atoms with Crippen molar-refractivity contribution in [1.82, 2.24) is 0 Å². The third-order valence-electron chi connectivity index (χ3n) is 0.550. The molecule has 0 aliphatic carbocycles. The predicted octanol–water partition coefficient (Wildman–Crippen LogP) is 1.51. The molecule has 0 rings (SSSR count). The SMILES string of the molecule is C=C(C#N)N=NC(=C)C#N. The molecule has 0 aromatic carbocycles. The molecule has 0 aromatic heterocycles. The maximum atomic E-state index is 8.10. The van der Waals surface area contributed by atoms with Crippen LogP contribution in [0.2, 0.25) is 0 Å². The summed E-state index contributed by atoms with van der Waals surface area (Å²) in [6, 6.07) is 3.28. The summed E-state index contributed by atoms with van der Waals surface area (Å²) in [4.78, 5) is 0. The van der Waals surface area contributed by atoms with E-state index in [2.05, 4.69) is 23.4 Å². The average Bonchev–Trinajstić information content (AvgIpc) is 1.99. The minimum absolute atomic E-state index is 0.0450.